The molecule has 0 unspecified atom stereocenters. The SMILES string of the molecule is C/C=C(\O[Si](C)(C)C(C)(C)C)N1[C@@H]2C[C@H]3CC[C@]2(CS1(=O)=O)C3(C)C. The van der Waals surface area contributed by atoms with Gasteiger partial charge in [0.1, 0.15) is 0 Å². The van der Waals surface area contributed by atoms with Gasteiger partial charge in [-0.1, -0.05) is 34.6 Å². The molecule has 3 atom stereocenters. The molecular weight excluding hydrogens is 350 g/mol. The quantitative estimate of drug-likeness (QED) is 0.522. The lowest BCUT2D eigenvalue weighted by Gasteiger charge is -2.41. The van der Waals surface area contributed by atoms with Crippen LogP contribution in [0.5, 0.6) is 0 Å². The summed E-state index contributed by atoms with van der Waals surface area (Å²) in [6.07, 6.45) is 5.05. The minimum atomic E-state index is -3.33. The van der Waals surface area contributed by atoms with Gasteiger partial charge >= 0.3 is 0 Å². The molecule has 3 aliphatic rings. The molecule has 0 aromatic carbocycles. The Morgan fingerprint density at radius 3 is 2.36 bits per heavy atom. The normalized spacial score (nSPS) is 36.6. The molecule has 0 radical (unpaired) electrons. The maximum atomic E-state index is 13.2. The summed E-state index contributed by atoms with van der Waals surface area (Å²) in [6, 6.07) is 0.0715. The Kier molecular flexibility index (Phi) is 4.07. The van der Waals surface area contributed by atoms with Crippen LogP contribution in [-0.4, -0.2) is 32.8 Å². The van der Waals surface area contributed by atoms with Gasteiger partial charge in [0.05, 0.1) is 11.8 Å². The van der Waals surface area contributed by atoms with Crippen molar-refractivity contribution in [2.75, 3.05) is 5.75 Å². The molecular formula is C19H35NO3SSi. The van der Waals surface area contributed by atoms with Crippen LogP contribution in [0.4, 0.5) is 0 Å². The van der Waals surface area contributed by atoms with E-state index in [0.29, 0.717) is 11.8 Å². The minimum absolute atomic E-state index is 0.0381. The van der Waals surface area contributed by atoms with E-state index in [9.17, 15) is 8.42 Å². The molecule has 4 nitrogen and oxygen atoms in total. The van der Waals surface area contributed by atoms with Crippen LogP contribution in [0.2, 0.25) is 18.1 Å². The van der Waals surface area contributed by atoms with E-state index in [0.717, 1.165) is 12.8 Å². The third-order valence-corrected chi connectivity index (χ3v) is 14.3. The Balaban J connectivity index is 2.00. The molecule has 6 heteroatoms. The van der Waals surface area contributed by atoms with Gasteiger partial charge in [0.2, 0.25) is 10.0 Å². The number of hydrogen-bond donors (Lipinski definition) is 0. The molecule has 0 amide bonds. The first kappa shape index (κ1) is 19.3. The van der Waals surface area contributed by atoms with Crippen LogP contribution in [0.15, 0.2) is 12.0 Å². The van der Waals surface area contributed by atoms with E-state index in [1.807, 2.05) is 13.0 Å². The second kappa shape index (κ2) is 5.28. The summed E-state index contributed by atoms with van der Waals surface area (Å²) in [5.41, 5.74) is -0.0170. The van der Waals surface area contributed by atoms with Crippen LogP contribution in [-0.2, 0) is 14.4 Å². The summed E-state index contributed by atoms with van der Waals surface area (Å²) in [6.45, 7) is 17.4. The number of rotatable bonds is 3. The molecule has 1 spiro atoms. The van der Waals surface area contributed by atoms with Gasteiger partial charge in [-0.15, -0.1) is 0 Å². The summed E-state index contributed by atoms with van der Waals surface area (Å²) >= 11 is 0. The Hall–Kier alpha value is -0.493. The highest BCUT2D eigenvalue weighted by Crippen LogP contribution is 2.70. The average molecular weight is 386 g/mol. The van der Waals surface area contributed by atoms with Gasteiger partial charge in [0.25, 0.3) is 8.32 Å². The second-order valence-electron chi connectivity index (χ2n) is 10.4. The van der Waals surface area contributed by atoms with E-state index in [2.05, 4.69) is 47.7 Å². The van der Waals surface area contributed by atoms with Gasteiger partial charge < -0.3 is 4.43 Å². The lowest BCUT2D eigenvalue weighted by atomic mass is 9.69. The molecule has 25 heavy (non-hydrogen) atoms. The third-order valence-electron chi connectivity index (χ3n) is 8.04. The van der Waals surface area contributed by atoms with Crippen molar-refractivity contribution in [3.05, 3.63) is 12.0 Å². The van der Waals surface area contributed by atoms with Crippen LogP contribution in [0, 0.1) is 16.7 Å². The predicted octanol–water partition coefficient (Wildman–Crippen LogP) is 4.71. The average Bonchev–Trinajstić information content (AvgIpc) is 2.91. The molecule has 3 fully saturated rings. The van der Waals surface area contributed by atoms with Gasteiger partial charge in [-0.05, 0) is 61.7 Å². The highest BCUT2D eigenvalue weighted by Gasteiger charge is 2.72. The zero-order chi connectivity index (χ0) is 19.1. The molecule has 1 saturated heterocycles. The zero-order valence-electron chi connectivity index (χ0n) is 17.1. The van der Waals surface area contributed by atoms with Crippen LogP contribution < -0.4 is 0 Å². The maximum absolute atomic E-state index is 13.2. The lowest BCUT2D eigenvalue weighted by molar-refractivity contribution is 0.108. The molecule has 1 heterocycles. The van der Waals surface area contributed by atoms with Crippen molar-refractivity contribution in [3.8, 4) is 0 Å². The number of sulfonamides is 1. The predicted molar refractivity (Wildman–Crippen MR) is 105 cm³/mol. The van der Waals surface area contributed by atoms with Gasteiger partial charge in [-0.3, -0.25) is 0 Å². The van der Waals surface area contributed by atoms with Crippen molar-refractivity contribution in [2.45, 2.75) is 85.0 Å². The topological polar surface area (TPSA) is 46.6 Å². The Bertz CT molecular complexity index is 705. The van der Waals surface area contributed by atoms with Gasteiger partial charge in [0, 0.05) is 5.41 Å². The van der Waals surface area contributed by atoms with Gasteiger partial charge in [0.15, 0.2) is 5.88 Å². The van der Waals surface area contributed by atoms with Crippen LogP contribution in [0.25, 0.3) is 0 Å². The number of nitrogens with zero attached hydrogens (tertiary/aromatic N) is 1. The van der Waals surface area contributed by atoms with E-state index in [-0.39, 0.29) is 27.7 Å². The van der Waals surface area contributed by atoms with Crippen molar-refractivity contribution in [3.63, 3.8) is 0 Å². The van der Waals surface area contributed by atoms with Gasteiger partial charge in [-0.2, -0.15) is 0 Å². The minimum Gasteiger partial charge on any atom is -0.532 e. The first-order valence-corrected chi connectivity index (χ1v) is 14.1. The fourth-order valence-electron chi connectivity index (χ4n) is 5.22. The summed E-state index contributed by atoms with van der Waals surface area (Å²) in [5.74, 6) is 1.49. The Morgan fingerprint density at radius 1 is 1.28 bits per heavy atom. The van der Waals surface area contributed by atoms with Crippen molar-refractivity contribution in [2.24, 2.45) is 16.7 Å². The van der Waals surface area contributed by atoms with Crippen molar-refractivity contribution >= 4 is 18.3 Å². The van der Waals surface area contributed by atoms with E-state index in [4.69, 9.17) is 4.43 Å². The molecule has 3 rings (SSSR count). The van der Waals surface area contributed by atoms with Crippen molar-refractivity contribution < 1.29 is 12.8 Å². The molecule has 0 N–H and O–H groups in total. The fourth-order valence-corrected chi connectivity index (χ4v) is 8.93. The number of hydrogen-bond acceptors (Lipinski definition) is 3. The summed E-state index contributed by atoms with van der Waals surface area (Å²) < 4.78 is 34.6. The number of allylic oxidation sites excluding steroid dienone is 1. The third kappa shape index (κ3) is 2.46. The van der Waals surface area contributed by atoms with Crippen LogP contribution in [0.1, 0.15) is 60.8 Å². The van der Waals surface area contributed by atoms with E-state index in [1.165, 1.54) is 6.42 Å². The second-order valence-corrected chi connectivity index (χ2v) is 17.0. The van der Waals surface area contributed by atoms with E-state index < -0.39 is 18.3 Å². The standard InChI is InChI=1S/C19H35NO3SSi/c1-9-16(23-25(7,8)17(2,3)4)20-15-12-14-10-11-19(15,18(14,5)6)13-24(20,21)22/h9,14-15H,10-13H2,1-8H3/b16-9-/t14-,15-,19-/m1/s1. The first-order valence-electron chi connectivity index (χ1n) is 9.57. The molecule has 2 bridgehead atoms. The first-order chi connectivity index (χ1) is 11.2. The Labute approximate surface area is 155 Å². The highest BCUT2D eigenvalue weighted by molar-refractivity contribution is 7.89. The summed E-state index contributed by atoms with van der Waals surface area (Å²) in [5, 5.41) is 0.0381. The van der Waals surface area contributed by atoms with Crippen LogP contribution in [0.3, 0.4) is 0 Å². The lowest BCUT2D eigenvalue weighted by Crippen LogP contribution is -2.46. The molecule has 144 valence electrons. The van der Waals surface area contributed by atoms with Crippen molar-refractivity contribution in [1.82, 2.24) is 4.31 Å². The maximum Gasteiger partial charge on any atom is 0.252 e. The molecule has 1 aliphatic heterocycles. The van der Waals surface area contributed by atoms with E-state index in [1.54, 1.807) is 4.31 Å². The zero-order valence-corrected chi connectivity index (χ0v) is 19.0. The summed E-state index contributed by atoms with van der Waals surface area (Å²) in [7, 11) is -5.42. The summed E-state index contributed by atoms with van der Waals surface area (Å²) in [4.78, 5) is 0. The molecule has 2 aliphatic carbocycles. The number of fused-ring (bicyclic) bond motifs is 1. The smallest absolute Gasteiger partial charge is 0.252 e. The largest absolute Gasteiger partial charge is 0.532 e. The monoisotopic (exact) mass is 385 g/mol. The van der Waals surface area contributed by atoms with Crippen LogP contribution >= 0.6 is 0 Å². The van der Waals surface area contributed by atoms with Crippen molar-refractivity contribution in [1.29, 1.82) is 0 Å². The highest BCUT2D eigenvalue weighted by atomic mass is 32.2. The van der Waals surface area contributed by atoms with Gasteiger partial charge in [-0.25, -0.2) is 12.7 Å². The molecule has 2 saturated carbocycles. The fraction of sp³-hybridized carbons (Fsp3) is 0.895. The molecule has 0 aromatic rings. The molecule has 0 aromatic heterocycles. The van der Waals surface area contributed by atoms with E-state index >= 15 is 0 Å². The Morgan fingerprint density at radius 2 is 1.88 bits per heavy atom.